The Kier molecular flexibility index (Phi) is 33.1. The molecule has 135 heavy (non-hydrogen) atoms. The summed E-state index contributed by atoms with van der Waals surface area (Å²) in [4.78, 5) is 186. The molecule has 4 saturated heterocycles. The van der Waals surface area contributed by atoms with Gasteiger partial charge in [0.05, 0.1) is 59.3 Å². The number of nitrogens with zero attached hydrogens (tertiary/aromatic N) is 18. The van der Waals surface area contributed by atoms with Crippen LogP contribution in [0.15, 0.2) is 232 Å². The van der Waals surface area contributed by atoms with Gasteiger partial charge in [-0.05, 0) is 182 Å². The van der Waals surface area contributed by atoms with E-state index in [1.807, 2.05) is 212 Å². The van der Waals surface area contributed by atoms with Crippen molar-refractivity contribution in [2.45, 2.75) is 166 Å². The lowest BCUT2D eigenvalue weighted by Crippen LogP contribution is -2.69. The summed E-state index contributed by atoms with van der Waals surface area (Å²) < 4.78 is 4.81. The molecule has 0 saturated carbocycles. The number of aromatic nitrogens is 10. The fraction of sp³-hybridized carbons (Fsp3) is 0.369. The van der Waals surface area contributed by atoms with Crippen LogP contribution in [-0.2, 0) is 104 Å². The van der Waals surface area contributed by atoms with Crippen molar-refractivity contribution in [1.82, 2.24) is 68.9 Å². The van der Waals surface area contributed by atoms with E-state index < -0.39 is 65.6 Å². The van der Waals surface area contributed by atoms with Gasteiger partial charge >= 0.3 is 5.97 Å². The number of carbonyl (C=O) groups is 12. The van der Waals surface area contributed by atoms with Crippen LogP contribution in [0.25, 0.3) is 0 Å². The average molecular weight is 1830 g/mol. The molecule has 7 aromatic heterocycles. The highest BCUT2D eigenvalue weighted by molar-refractivity contribution is 6.15. The molecular formula is C103H119N19O13. The van der Waals surface area contributed by atoms with Gasteiger partial charge < -0.3 is 30.4 Å². The summed E-state index contributed by atoms with van der Waals surface area (Å²) in [6.07, 6.45) is 21.4. The number of carboxylic acid groups (broad SMARTS) is 1. The minimum atomic E-state index is -1.14. The number of nitrogen functional groups attached to an aromatic ring is 1. The molecule has 4 aliphatic heterocycles. The van der Waals surface area contributed by atoms with E-state index in [1.165, 1.54) is 24.5 Å². The van der Waals surface area contributed by atoms with Crippen molar-refractivity contribution in [2.24, 2.45) is 44.8 Å². The molecule has 0 radical (unpaired) electrons. The predicted molar refractivity (Wildman–Crippen MR) is 510 cm³/mol. The summed E-state index contributed by atoms with van der Waals surface area (Å²) in [5.41, 5.74) is 16.9. The maximum atomic E-state index is 13.7. The van der Waals surface area contributed by atoms with Crippen LogP contribution in [0, 0.1) is 37.5 Å². The number of likely N-dealkylation sites (tertiary alicyclic amines) is 4. The first-order valence-corrected chi connectivity index (χ1v) is 45.5. The number of likely N-dealkylation sites (N-methyl/N-ethyl adjacent to an activating group) is 3. The number of rotatable bonds is 32. The summed E-state index contributed by atoms with van der Waals surface area (Å²) in [5.74, 6) is -6.49. The van der Waals surface area contributed by atoms with E-state index in [-0.39, 0.29) is 103 Å². The second kappa shape index (κ2) is 45.0. The average Bonchev–Trinajstić information content (AvgIpc) is 1.30. The monoisotopic (exact) mass is 1830 g/mol. The number of carboxylic acids is 1. The van der Waals surface area contributed by atoms with Gasteiger partial charge in [0.1, 0.15) is 35.8 Å². The van der Waals surface area contributed by atoms with E-state index in [9.17, 15) is 62.6 Å². The molecule has 32 heteroatoms. The highest BCUT2D eigenvalue weighted by Gasteiger charge is 2.59. The standard InChI is InChI=1S/C28H34N6O3.C27H31N5O3.C26H30N6O3.C22H24N2O4/c1-6-20(21-10-8-7-9-11-21)16-25(35)34-26(28(37)33(5)22-17-30-32(4)18-22)23(27(34)36)14-19-12-13-29-24(15-19)31(2)3;1-5-20(21-9-7-6-8-10-21)15-24(33)32-25(27(35)31(4)22-16-29-30(3)17-22)23(26(32)34)14-19-11-12-28-18(2)13-19;1-4-18(19-8-6-5-7-9-19)14-23(33)32-24(26(35)31(3)20-15-29-30(2)16-20)21(25(32)34)12-17-10-11-28-22(27)13-17;1-3-16(17-7-5-4-6-8-17)13-19(25)24-20(22(27)28)18(21(24)26)12-15-9-10-23-14(2)11-15/h7-13,15,17-18,20,23,26H,6,14,16H2,1-5H3;6-13,16-17,20,23,25H,5,14-15H2,1-4H3;5-11,13,15-16,18,21,24H,4,12,14H2,1-3H3,(H2,27,28);4-11,16,18,20H,3,12-13H2,1-2H3,(H,27,28)/t20-,23+,26-;20-,23+,25-;18-,21+,24-;16-,18+,20-/m0000/s1. The van der Waals surface area contributed by atoms with Gasteiger partial charge in [0.2, 0.25) is 47.3 Å². The summed E-state index contributed by atoms with van der Waals surface area (Å²) in [6, 6.07) is 49.8. The van der Waals surface area contributed by atoms with Crippen LogP contribution in [0.2, 0.25) is 0 Å². The number of pyridine rings is 4. The van der Waals surface area contributed by atoms with Crippen LogP contribution in [-0.4, -0.2) is 204 Å². The Bertz CT molecular complexity index is 5860. The lowest BCUT2D eigenvalue weighted by Gasteiger charge is -2.46. The van der Waals surface area contributed by atoms with Crippen LogP contribution >= 0.6 is 0 Å². The number of anilines is 5. The van der Waals surface area contributed by atoms with Gasteiger partial charge in [0, 0.05) is 137 Å². The number of benzene rings is 4. The largest absolute Gasteiger partial charge is 0.480 e. The van der Waals surface area contributed by atoms with Crippen LogP contribution < -0.4 is 25.3 Å². The summed E-state index contributed by atoms with van der Waals surface area (Å²) in [5, 5.41) is 22.0. The Morgan fingerprint density at radius 2 is 0.622 bits per heavy atom. The van der Waals surface area contributed by atoms with E-state index in [0.717, 1.165) is 97.2 Å². The lowest BCUT2D eigenvalue weighted by atomic mass is 9.80. The Labute approximate surface area is 786 Å². The number of aryl methyl sites for hydroxylation is 5. The lowest BCUT2D eigenvalue weighted by molar-refractivity contribution is -0.177. The van der Waals surface area contributed by atoms with Crippen molar-refractivity contribution in [1.29, 1.82) is 0 Å². The van der Waals surface area contributed by atoms with Gasteiger partial charge in [-0.2, -0.15) is 15.3 Å². The first-order valence-electron chi connectivity index (χ1n) is 45.5. The first kappa shape index (κ1) is 99.2. The van der Waals surface area contributed by atoms with Crippen molar-refractivity contribution in [3.8, 4) is 0 Å². The number of carbonyl (C=O) groups excluding carboxylic acids is 11. The zero-order valence-electron chi connectivity index (χ0n) is 78.8. The molecule has 0 spiro atoms. The number of amides is 11. The molecule has 0 bridgehead atoms. The van der Waals surface area contributed by atoms with E-state index in [2.05, 4.69) is 35.2 Å². The Balaban J connectivity index is 0.000000163. The zero-order valence-corrected chi connectivity index (χ0v) is 78.8. The Morgan fingerprint density at radius 3 is 0.874 bits per heavy atom. The molecule has 11 amide bonds. The Hall–Kier alpha value is -14.9. The summed E-state index contributed by atoms with van der Waals surface area (Å²) in [7, 11) is 14.0. The second-order valence-electron chi connectivity index (χ2n) is 35.1. The molecule has 3 N–H and O–H groups in total. The van der Waals surface area contributed by atoms with E-state index in [1.54, 1.807) is 136 Å². The van der Waals surface area contributed by atoms with Gasteiger partial charge in [0.15, 0.2) is 0 Å². The highest BCUT2D eigenvalue weighted by atomic mass is 16.4. The molecule has 4 fully saturated rings. The maximum absolute atomic E-state index is 13.7. The van der Waals surface area contributed by atoms with Gasteiger partial charge in [0.25, 0.3) is 17.7 Å². The summed E-state index contributed by atoms with van der Waals surface area (Å²) in [6.45, 7) is 11.8. The normalized spacial score (nSPS) is 18.4. The highest BCUT2D eigenvalue weighted by Crippen LogP contribution is 2.41. The number of hydrogen-bond acceptors (Lipinski definition) is 21. The van der Waals surface area contributed by atoms with Gasteiger partial charge in [-0.15, -0.1) is 0 Å². The number of aliphatic carboxylic acids is 1. The first-order chi connectivity index (χ1) is 64.7. The van der Waals surface area contributed by atoms with E-state index in [0.29, 0.717) is 48.6 Å². The molecule has 12 atom stereocenters. The third-order valence-electron chi connectivity index (χ3n) is 25.8. The number of imide groups is 4. The molecule has 4 aromatic carbocycles. The van der Waals surface area contributed by atoms with E-state index in [4.69, 9.17) is 5.73 Å². The van der Waals surface area contributed by atoms with Crippen LogP contribution in [0.1, 0.15) is 159 Å². The fourth-order valence-electron chi connectivity index (χ4n) is 18.0. The quantitative estimate of drug-likeness (QED) is 0.0370. The predicted octanol–water partition coefficient (Wildman–Crippen LogP) is 11.8. The third-order valence-corrected chi connectivity index (χ3v) is 25.8. The van der Waals surface area contributed by atoms with Crippen molar-refractivity contribution < 1.29 is 62.6 Å². The molecule has 704 valence electrons. The molecule has 11 aromatic rings. The zero-order chi connectivity index (χ0) is 97.2. The number of nitrogens with two attached hydrogens (primary N) is 1. The van der Waals surface area contributed by atoms with Crippen molar-refractivity contribution in [3.05, 3.63) is 288 Å². The number of hydrogen-bond donors (Lipinski definition) is 2. The molecule has 0 aliphatic carbocycles. The van der Waals surface area contributed by atoms with Gasteiger partial charge in [-0.3, -0.25) is 96.4 Å². The number of β-lactam (4-membered cyclic amide) rings is 4. The van der Waals surface area contributed by atoms with Crippen molar-refractivity contribution in [2.75, 3.05) is 60.6 Å². The topological polar surface area (TPSA) is 382 Å². The van der Waals surface area contributed by atoms with Crippen molar-refractivity contribution in [3.63, 3.8) is 0 Å². The van der Waals surface area contributed by atoms with Crippen LogP contribution in [0.3, 0.4) is 0 Å². The third kappa shape index (κ3) is 23.4. The minimum Gasteiger partial charge on any atom is -0.480 e. The Morgan fingerprint density at radius 1 is 0.363 bits per heavy atom. The minimum absolute atomic E-state index is 0.0230. The van der Waals surface area contributed by atoms with Crippen LogP contribution in [0.5, 0.6) is 0 Å². The molecule has 11 heterocycles. The van der Waals surface area contributed by atoms with E-state index >= 15 is 0 Å². The fourth-order valence-corrected chi connectivity index (χ4v) is 18.0. The molecular weight excluding hydrogens is 1710 g/mol. The van der Waals surface area contributed by atoms with Gasteiger partial charge in [-0.25, -0.2) is 14.8 Å². The second-order valence-corrected chi connectivity index (χ2v) is 35.1. The van der Waals surface area contributed by atoms with Crippen molar-refractivity contribution >= 4 is 99.6 Å². The maximum Gasteiger partial charge on any atom is 0.327 e. The summed E-state index contributed by atoms with van der Waals surface area (Å²) >= 11 is 0. The molecule has 0 unspecified atom stereocenters. The van der Waals surface area contributed by atoms with Crippen LogP contribution in [0.4, 0.5) is 28.7 Å². The van der Waals surface area contributed by atoms with Gasteiger partial charge in [-0.1, -0.05) is 149 Å². The molecule has 32 nitrogen and oxygen atoms in total. The SMILES string of the molecule is CC[C@@H](CC(=O)N1C(=O)[C@H](Cc2ccnc(C)c2)[C@H]1C(=O)N(C)c1cnn(C)c1)c1ccccc1.CC[C@@H](CC(=O)N1C(=O)[C@H](Cc2ccnc(C)c2)[C@H]1C(=O)O)c1ccccc1.CC[C@@H](CC(=O)N1C(=O)[C@H](Cc2ccnc(N(C)C)c2)[C@H]1C(=O)N(C)c1cnn(C)c1)c1ccccc1.CC[C@@H](CC(=O)N1C(=O)[C@H](Cc2ccnc(N)c2)[C@H]1C(=O)N(C)c1cnn(C)c1)c1ccccc1. The molecule has 4 aliphatic rings. The molecule has 15 rings (SSSR count). The smallest absolute Gasteiger partial charge is 0.327 e.